The number of aliphatic hydroxyl groups excluding tert-OH is 2. The van der Waals surface area contributed by atoms with E-state index in [4.69, 9.17) is 20.3 Å². The third-order valence-corrected chi connectivity index (χ3v) is 3.36. The molecule has 0 saturated carbocycles. The quantitative estimate of drug-likeness (QED) is 0.374. The number of phosphoric ester groups is 1. The number of nitrogen functional groups attached to an aromatic ring is 1. The van der Waals surface area contributed by atoms with E-state index in [9.17, 15) is 19.6 Å². The van der Waals surface area contributed by atoms with Gasteiger partial charge in [0.2, 0.25) is 0 Å². The summed E-state index contributed by atoms with van der Waals surface area (Å²) in [6, 6.07) is 1.29. The Hall–Kier alpha value is -1.33. The first-order valence-electron chi connectivity index (χ1n) is 5.75. The number of hydrogen-bond acceptors (Lipinski definition) is 8. The zero-order valence-corrected chi connectivity index (χ0v) is 11.4. The van der Waals surface area contributed by atoms with Crippen LogP contribution in [-0.2, 0) is 13.8 Å². The first kappa shape index (κ1) is 16.0. The third-order valence-electron chi connectivity index (χ3n) is 2.87. The highest BCUT2D eigenvalue weighted by Gasteiger charge is 2.44. The minimum atomic E-state index is -4.74. The zero-order chi connectivity index (χ0) is 15.8. The van der Waals surface area contributed by atoms with Gasteiger partial charge in [0.05, 0.1) is 6.61 Å². The third kappa shape index (κ3) is 3.66. The van der Waals surface area contributed by atoms with Gasteiger partial charge in [-0.15, -0.1) is 0 Å². The summed E-state index contributed by atoms with van der Waals surface area (Å²) in [5.74, 6) is -0.0225. The Morgan fingerprint density at radius 2 is 2.10 bits per heavy atom. The summed E-state index contributed by atoms with van der Waals surface area (Å²) in [6.07, 6.45) is -4.27. The molecule has 0 bridgehead atoms. The number of phosphoric acid groups is 1. The van der Waals surface area contributed by atoms with Gasteiger partial charge in [0.15, 0.2) is 6.23 Å². The van der Waals surface area contributed by atoms with Gasteiger partial charge in [-0.1, -0.05) is 0 Å². The van der Waals surface area contributed by atoms with E-state index in [2.05, 4.69) is 9.51 Å². The molecule has 11 nitrogen and oxygen atoms in total. The molecular weight excluding hydrogens is 309 g/mol. The minimum Gasteiger partial charge on any atom is -0.387 e. The van der Waals surface area contributed by atoms with Crippen molar-refractivity contribution >= 4 is 13.6 Å². The van der Waals surface area contributed by atoms with Crippen molar-refractivity contribution < 1.29 is 33.8 Å². The molecule has 0 amide bonds. The molecule has 0 spiro atoms. The number of anilines is 1. The molecule has 0 aromatic carbocycles. The van der Waals surface area contributed by atoms with Crippen molar-refractivity contribution in [3.63, 3.8) is 0 Å². The maximum atomic E-state index is 11.6. The number of hydrogen-bond donors (Lipinski definition) is 5. The van der Waals surface area contributed by atoms with E-state index in [1.54, 1.807) is 0 Å². The Bertz CT molecular complexity index is 615. The Morgan fingerprint density at radius 3 is 2.67 bits per heavy atom. The van der Waals surface area contributed by atoms with E-state index < -0.39 is 44.7 Å². The van der Waals surface area contributed by atoms with Gasteiger partial charge in [-0.2, -0.15) is 4.98 Å². The summed E-state index contributed by atoms with van der Waals surface area (Å²) in [4.78, 5) is 32.3. The molecule has 118 valence electrons. The fourth-order valence-electron chi connectivity index (χ4n) is 1.89. The van der Waals surface area contributed by atoms with Crippen LogP contribution < -0.4 is 11.4 Å². The maximum absolute atomic E-state index is 11.6. The van der Waals surface area contributed by atoms with Gasteiger partial charge in [0.25, 0.3) is 0 Å². The maximum Gasteiger partial charge on any atom is 0.469 e. The van der Waals surface area contributed by atoms with Crippen molar-refractivity contribution in [3.8, 4) is 0 Å². The summed E-state index contributed by atoms with van der Waals surface area (Å²) < 4.78 is 20.9. The lowest BCUT2D eigenvalue weighted by molar-refractivity contribution is -0.0542. The largest absolute Gasteiger partial charge is 0.469 e. The second-order valence-electron chi connectivity index (χ2n) is 4.37. The van der Waals surface area contributed by atoms with E-state index >= 15 is 0 Å². The molecule has 6 N–H and O–H groups in total. The predicted molar refractivity (Wildman–Crippen MR) is 66.8 cm³/mol. The van der Waals surface area contributed by atoms with Crippen LogP contribution in [0.4, 0.5) is 5.82 Å². The van der Waals surface area contributed by atoms with Crippen LogP contribution in [0.1, 0.15) is 6.23 Å². The van der Waals surface area contributed by atoms with Crippen LogP contribution in [-0.4, -0.2) is 54.5 Å². The van der Waals surface area contributed by atoms with Crippen molar-refractivity contribution in [2.75, 3.05) is 12.3 Å². The fraction of sp³-hybridized carbons (Fsp3) is 0.556. The van der Waals surface area contributed by atoms with Gasteiger partial charge >= 0.3 is 13.5 Å². The highest BCUT2D eigenvalue weighted by atomic mass is 31.2. The smallest absolute Gasteiger partial charge is 0.387 e. The fourth-order valence-corrected chi connectivity index (χ4v) is 2.23. The molecule has 1 fully saturated rings. The Morgan fingerprint density at radius 1 is 1.43 bits per heavy atom. The summed E-state index contributed by atoms with van der Waals surface area (Å²) in [7, 11) is -4.74. The number of aliphatic hydroxyl groups is 2. The molecule has 1 saturated heterocycles. The van der Waals surface area contributed by atoms with Crippen LogP contribution in [0.15, 0.2) is 17.1 Å². The van der Waals surface area contributed by atoms with E-state index in [0.29, 0.717) is 0 Å². The summed E-state index contributed by atoms with van der Waals surface area (Å²) in [5, 5.41) is 19.6. The second kappa shape index (κ2) is 5.81. The lowest BCUT2D eigenvalue weighted by atomic mass is 10.1. The van der Waals surface area contributed by atoms with E-state index in [0.717, 1.165) is 4.57 Å². The van der Waals surface area contributed by atoms with E-state index in [-0.39, 0.29) is 5.82 Å². The van der Waals surface area contributed by atoms with Crippen molar-refractivity contribution in [2.45, 2.75) is 24.5 Å². The molecular formula is C9H14N3O8P. The number of nitrogens with two attached hydrogens (primary N) is 1. The predicted octanol–water partition coefficient (Wildman–Crippen LogP) is -2.45. The number of ether oxygens (including phenoxy) is 1. The Labute approximate surface area is 117 Å². The van der Waals surface area contributed by atoms with E-state index in [1.165, 1.54) is 12.3 Å². The molecule has 0 unspecified atom stereocenters. The first-order valence-corrected chi connectivity index (χ1v) is 7.28. The number of rotatable bonds is 4. The van der Waals surface area contributed by atoms with Gasteiger partial charge in [0, 0.05) is 6.20 Å². The highest BCUT2D eigenvalue weighted by molar-refractivity contribution is 7.46. The second-order valence-corrected chi connectivity index (χ2v) is 5.61. The molecule has 4 atom stereocenters. The van der Waals surface area contributed by atoms with Crippen molar-refractivity contribution in [1.82, 2.24) is 9.55 Å². The lowest BCUT2D eigenvalue weighted by Gasteiger charge is -2.16. The van der Waals surface area contributed by atoms with Gasteiger partial charge in [-0.05, 0) is 6.07 Å². The molecule has 0 aliphatic carbocycles. The summed E-state index contributed by atoms with van der Waals surface area (Å²) >= 11 is 0. The van der Waals surface area contributed by atoms with Crippen molar-refractivity contribution in [1.29, 1.82) is 0 Å². The molecule has 1 aromatic heterocycles. The lowest BCUT2D eigenvalue weighted by Crippen LogP contribution is -2.36. The van der Waals surface area contributed by atoms with Gasteiger partial charge < -0.3 is 30.5 Å². The number of aromatic nitrogens is 2. The molecule has 1 aromatic rings. The first-order chi connectivity index (χ1) is 9.69. The molecule has 2 rings (SSSR count). The van der Waals surface area contributed by atoms with Crippen LogP contribution in [0.3, 0.4) is 0 Å². The molecule has 1 aliphatic heterocycles. The highest BCUT2D eigenvalue weighted by Crippen LogP contribution is 2.38. The molecule has 1 aliphatic rings. The zero-order valence-electron chi connectivity index (χ0n) is 10.5. The van der Waals surface area contributed by atoms with Gasteiger partial charge in [-0.25, -0.2) is 9.36 Å². The van der Waals surface area contributed by atoms with Gasteiger partial charge in [-0.3, -0.25) is 9.09 Å². The molecule has 2 heterocycles. The minimum absolute atomic E-state index is 0.0225. The van der Waals surface area contributed by atoms with Crippen LogP contribution >= 0.6 is 7.82 Å². The van der Waals surface area contributed by atoms with Crippen molar-refractivity contribution in [2.24, 2.45) is 0 Å². The summed E-state index contributed by atoms with van der Waals surface area (Å²) in [5.41, 5.74) is 4.52. The van der Waals surface area contributed by atoms with Crippen molar-refractivity contribution in [3.05, 3.63) is 22.7 Å². The topological polar surface area (TPSA) is 177 Å². The van der Waals surface area contributed by atoms with Gasteiger partial charge in [0.1, 0.15) is 24.1 Å². The van der Waals surface area contributed by atoms with Crippen LogP contribution in [0, 0.1) is 0 Å². The average Bonchev–Trinajstić information content (AvgIpc) is 2.64. The van der Waals surface area contributed by atoms with Crippen LogP contribution in [0.2, 0.25) is 0 Å². The molecule has 0 radical (unpaired) electrons. The normalized spacial score (nSPS) is 29.7. The SMILES string of the molecule is Nc1ccn([C@H]2O[C@@H](COP(=O)(O)O)[C@H](O)[C@@H]2O)c(=O)n1. The van der Waals surface area contributed by atoms with Crippen LogP contribution in [0.5, 0.6) is 0 Å². The molecule has 21 heavy (non-hydrogen) atoms. The standard InChI is InChI=1S/C9H14N3O8P/c10-5-1-2-12(9(15)11-5)8-7(14)6(13)4(20-8)3-19-21(16,17)18/h1-2,4,6-8,13-14H,3H2,(H2,10,11,15)(H2,16,17,18)/t4-,6-,7-,8-/m0/s1. The average molecular weight is 323 g/mol. The summed E-state index contributed by atoms with van der Waals surface area (Å²) in [6.45, 7) is -0.657. The Balaban J connectivity index is 2.16. The Kier molecular flexibility index (Phi) is 4.44. The number of nitrogens with zero attached hydrogens (tertiary/aromatic N) is 2. The monoisotopic (exact) mass is 323 g/mol. The van der Waals surface area contributed by atoms with E-state index in [1.807, 2.05) is 0 Å². The van der Waals surface area contributed by atoms with Crippen LogP contribution in [0.25, 0.3) is 0 Å². The molecule has 12 heteroatoms.